The number of nitrogens with one attached hydrogen (secondary N) is 1. The van der Waals surface area contributed by atoms with E-state index in [-0.39, 0.29) is 23.0 Å². The van der Waals surface area contributed by atoms with Crippen LogP contribution in [0.1, 0.15) is 48.7 Å². The summed E-state index contributed by atoms with van der Waals surface area (Å²) in [6, 6.07) is 1.92. The van der Waals surface area contributed by atoms with E-state index in [1.54, 1.807) is 18.5 Å². The van der Waals surface area contributed by atoms with Crippen LogP contribution in [0.2, 0.25) is 0 Å². The zero-order chi connectivity index (χ0) is 33.8. The number of carbonyl (C=O) groups is 1. The van der Waals surface area contributed by atoms with Crippen LogP contribution >= 0.6 is 0 Å². The highest BCUT2D eigenvalue weighted by molar-refractivity contribution is 6.06. The summed E-state index contributed by atoms with van der Waals surface area (Å²) >= 11 is 0. The van der Waals surface area contributed by atoms with Gasteiger partial charge in [-0.1, -0.05) is 19.2 Å². The van der Waals surface area contributed by atoms with Gasteiger partial charge < -0.3 is 19.4 Å². The lowest BCUT2D eigenvalue weighted by Gasteiger charge is -2.54. The molecule has 0 bridgehead atoms. The number of hydrogen-bond donors (Lipinski definition) is 1. The summed E-state index contributed by atoms with van der Waals surface area (Å²) in [6.07, 6.45) is 5.10. The van der Waals surface area contributed by atoms with E-state index in [4.69, 9.17) is 14.7 Å². The monoisotopic (exact) mass is 660 g/mol. The largest absolute Gasteiger partial charge is 0.481 e. The van der Waals surface area contributed by atoms with E-state index < -0.39 is 12.8 Å². The molecular formula is C35H39F3N8O2. The molecule has 4 aromatic rings. The first-order valence-corrected chi connectivity index (χ1v) is 16.3. The third kappa shape index (κ3) is 5.78. The zero-order valence-corrected chi connectivity index (χ0v) is 27.2. The Bertz CT molecular complexity index is 1900. The average Bonchev–Trinajstić information content (AvgIpc) is 3.54. The van der Waals surface area contributed by atoms with Gasteiger partial charge in [-0.25, -0.2) is 9.97 Å². The van der Waals surface area contributed by atoms with Crippen LogP contribution in [0.5, 0.6) is 5.75 Å². The molecule has 3 fully saturated rings. The van der Waals surface area contributed by atoms with Crippen LogP contribution in [0, 0.1) is 12.3 Å². The first-order valence-electron chi connectivity index (χ1n) is 16.3. The Labute approximate surface area is 276 Å². The number of H-pyrrole nitrogens is 1. The summed E-state index contributed by atoms with van der Waals surface area (Å²) in [5.74, 6) is 1.32. The van der Waals surface area contributed by atoms with E-state index in [9.17, 15) is 18.0 Å². The normalized spacial score (nSPS) is 18.8. The molecule has 0 radical (unpaired) electrons. The SMILES string of the molecule is C=CC(=O)N1CC2(CCN(c3nc(C4CCN(C)CC4)nc4c(OCC(F)(F)F)c(-c5c(C)ncc6[nH]ncc56)c(C=C)cc34)CC2)C1. The second kappa shape index (κ2) is 12.2. The molecule has 0 atom stereocenters. The number of ether oxygens (including phenoxy) is 1. The van der Waals surface area contributed by atoms with Gasteiger partial charge in [0.05, 0.1) is 17.9 Å². The highest BCUT2D eigenvalue weighted by Gasteiger charge is 2.46. The quantitative estimate of drug-likeness (QED) is 0.245. The number of halogens is 3. The van der Waals surface area contributed by atoms with Crippen molar-refractivity contribution in [2.75, 3.05) is 57.8 Å². The fourth-order valence-electron chi connectivity index (χ4n) is 7.55. The first-order chi connectivity index (χ1) is 23.0. The molecule has 13 heteroatoms. The fourth-order valence-corrected chi connectivity index (χ4v) is 7.55. The van der Waals surface area contributed by atoms with E-state index in [1.165, 1.54) is 6.08 Å². The molecular weight excluding hydrogens is 621 g/mol. The predicted octanol–water partition coefficient (Wildman–Crippen LogP) is 5.88. The maximum absolute atomic E-state index is 13.9. The smallest absolute Gasteiger partial charge is 0.422 e. The lowest BCUT2D eigenvalue weighted by molar-refractivity contribution is -0.153. The third-order valence-electron chi connectivity index (χ3n) is 10.3. The van der Waals surface area contributed by atoms with E-state index in [0.29, 0.717) is 82.0 Å². The number of nitrogens with zero attached hydrogens (tertiary/aromatic N) is 7. The fraction of sp³-hybridized carbons (Fsp3) is 0.457. The topological polar surface area (TPSA) is 103 Å². The Balaban J connectivity index is 1.40. The van der Waals surface area contributed by atoms with Crippen LogP contribution in [0.3, 0.4) is 0 Å². The number of aryl methyl sites for hydroxylation is 1. The number of alkyl halides is 3. The van der Waals surface area contributed by atoms with Crippen molar-refractivity contribution in [3.63, 3.8) is 0 Å². The molecule has 0 unspecified atom stereocenters. The van der Waals surface area contributed by atoms with Gasteiger partial charge in [0.25, 0.3) is 0 Å². The number of rotatable bonds is 7. The molecule has 10 nitrogen and oxygen atoms in total. The number of likely N-dealkylation sites (tertiary alicyclic amines) is 2. The number of carbonyl (C=O) groups excluding carboxylic acids is 1. The summed E-state index contributed by atoms with van der Waals surface area (Å²) in [6.45, 7) is 12.5. The minimum Gasteiger partial charge on any atom is -0.481 e. The van der Waals surface area contributed by atoms with Gasteiger partial charge in [-0.15, -0.1) is 0 Å². The van der Waals surface area contributed by atoms with Crippen molar-refractivity contribution in [1.29, 1.82) is 0 Å². The van der Waals surface area contributed by atoms with Crippen molar-refractivity contribution in [2.24, 2.45) is 5.41 Å². The summed E-state index contributed by atoms with van der Waals surface area (Å²) in [4.78, 5) is 33.2. The number of fused-ring (bicyclic) bond motifs is 2. The van der Waals surface area contributed by atoms with Crippen molar-refractivity contribution in [2.45, 2.75) is 44.7 Å². The second-order valence-corrected chi connectivity index (χ2v) is 13.5. The van der Waals surface area contributed by atoms with Gasteiger partial charge in [0.1, 0.15) is 17.2 Å². The van der Waals surface area contributed by atoms with Gasteiger partial charge in [0.2, 0.25) is 5.91 Å². The van der Waals surface area contributed by atoms with Crippen LogP contribution in [0.25, 0.3) is 39.0 Å². The lowest BCUT2D eigenvalue weighted by atomic mass is 9.72. The summed E-state index contributed by atoms with van der Waals surface area (Å²) in [5, 5.41) is 8.43. The number of amides is 1. The van der Waals surface area contributed by atoms with Crippen molar-refractivity contribution in [3.05, 3.63) is 54.8 Å². The van der Waals surface area contributed by atoms with Gasteiger partial charge in [-0.3, -0.25) is 14.9 Å². The molecule has 3 aromatic heterocycles. The Morgan fingerprint density at radius 2 is 1.81 bits per heavy atom. The Morgan fingerprint density at radius 3 is 2.48 bits per heavy atom. The summed E-state index contributed by atoms with van der Waals surface area (Å²) < 4.78 is 47.4. The molecule has 3 saturated heterocycles. The van der Waals surface area contributed by atoms with E-state index in [2.05, 4.69) is 45.2 Å². The molecule has 3 aliphatic heterocycles. The van der Waals surface area contributed by atoms with Gasteiger partial charge >= 0.3 is 6.18 Å². The molecule has 0 aliphatic carbocycles. The molecule has 0 saturated carbocycles. The Kier molecular flexibility index (Phi) is 8.13. The number of benzene rings is 1. The predicted molar refractivity (Wildman–Crippen MR) is 179 cm³/mol. The maximum Gasteiger partial charge on any atom is 0.422 e. The van der Waals surface area contributed by atoms with Gasteiger partial charge in [-0.05, 0) is 70.5 Å². The number of piperidine rings is 2. The molecule has 1 aromatic carbocycles. The van der Waals surface area contributed by atoms with E-state index in [1.807, 2.05) is 17.9 Å². The van der Waals surface area contributed by atoms with Gasteiger partial charge in [0.15, 0.2) is 12.4 Å². The summed E-state index contributed by atoms with van der Waals surface area (Å²) in [5.41, 5.74) is 3.28. The first kappa shape index (κ1) is 32.0. The minimum absolute atomic E-state index is 0.0298. The van der Waals surface area contributed by atoms with Crippen molar-refractivity contribution in [1.82, 2.24) is 34.9 Å². The van der Waals surface area contributed by atoms with Gasteiger partial charge in [0, 0.05) is 65.1 Å². The molecule has 1 amide bonds. The molecule has 48 heavy (non-hydrogen) atoms. The van der Waals surface area contributed by atoms with Crippen LogP contribution in [-0.2, 0) is 4.79 Å². The number of aromatic amines is 1. The Hall–Kier alpha value is -4.52. The number of pyridine rings is 1. The Morgan fingerprint density at radius 1 is 1.08 bits per heavy atom. The molecule has 3 aliphatic rings. The molecule has 252 valence electrons. The van der Waals surface area contributed by atoms with Crippen molar-refractivity contribution >= 4 is 39.6 Å². The number of hydrogen-bond acceptors (Lipinski definition) is 8. The number of aromatic nitrogens is 5. The highest BCUT2D eigenvalue weighted by atomic mass is 19.4. The minimum atomic E-state index is -4.58. The lowest BCUT2D eigenvalue weighted by Crippen LogP contribution is -2.61. The standard InChI is InChI=1S/C35H39F3N8O2/c1-5-22-15-24-30(31(48-20-35(36,37)38)29(22)28-21(3)39-17-26-25(28)16-40-43-26)41-32(23-7-11-44(4)12-8-23)42-33(24)45-13-9-34(10-14-45)18-46(19-34)27(47)6-2/h5-6,15-17,23H,1-2,7-14,18-20H2,3-4H3,(H,40,43). The van der Waals surface area contributed by atoms with Crippen LogP contribution in [-0.4, -0.2) is 100.0 Å². The zero-order valence-electron chi connectivity index (χ0n) is 27.2. The van der Waals surface area contributed by atoms with E-state index in [0.717, 1.165) is 38.8 Å². The van der Waals surface area contributed by atoms with Crippen molar-refractivity contribution in [3.8, 4) is 16.9 Å². The van der Waals surface area contributed by atoms with Gasteiger partial charge in [-0.2, -0.15) is 18.3 Å². The van der Waals surface area contributed by atoms with Crippen LogP contribution in [0.4, 0.5) is 19.0 Å². The molecule has 7 rings (SSSR count). The van der Waals surface area contributed by atoms with Crippen molar-refractivity contribution < 1.29 is 22.7 Å². The molecule has 1 spiro atoms. The molecule has 1 N–H and O–H groups in total. The maximum atomic E-state index is 13.9. The van der Waals surface area contributed by atoms with Crippen LogP contribution in [0.15, 0.2) is 37.7 Å². The highest BCUT2D eigenvalue weighted by Crippen LogP contribution is 2.47. The van der Waals surface area contributed by atoms with E-state index >= 15 is 0 Å². The molecule has 6 heterocycles. The van der Waals surface area contributed by atoms with Crippen LogP contribution < -0.4 is 9.64 Å². The number of anilines is 1. The third-order valence-corrected chi connectivity index (χ3v) is 10.3. The second-order valence-electron chi connectivity index (χ2n) is 13.5. The average molecular weight is 661 g/mol. The summed E-state index contributed by atoms with van der Waals surface area (Å²) in [7, 11) is 2.08.